The van der Waals surface area contributed by atoms with Crippen molar-refractivity contribution in [2.45, 2.75) is 0 Å². The molecule has 0 saturated carbocycles. The smallest absolute Gasteiger partial charge is 0.225 e. The van der Waals surface area contributed by atoms with E-state index in [0.717, 1.165) is 35.9 Å². The summed E-state index contributed by atoms with van der Waals surface area (Å²) in [5, 5.41) is 3.34. The maximum Gasteiger partial charge on any atom is 0.225 e. The van der Waals surface area contributed by atoms with Crippen LogP contribution < -0.4 is 10.2 Å². The van der Waals surface area contributed by atoms with Crippen LogP contribution in [0, 0.1) is 0 Å². The molecule has 1 N–H and O–H groups in total. The Morgan fingerprint density at radius 2 is 1.50 bits per heavy atom. The van der Waals surface area contributed by atoms with E-state index in [-0.39, 0.29) is 0 Å². The summed E-state index contributed by atoms with van der Waals surface area (Å²) in [6.07, 6.45) is 0. The molecule has 0 saturated heterocycles. The molecule has 3 aromatic rings. The number of nitrogens with zero attached hydrogens (tertiary/aromatic N) is 4. The Morgan fingerprint density at radius 1 is 0.846 bits per heavy atom. The van der Waals surface area contributed by atoms with E-state index >= 15 is 0 Å². The Balaban J connectivity index is 1.94. The van der Waals surface area contributed by atoms with Gasteiger partial charge in [0.15, 0.2) is 0 Å². The standard InChI is InChI=1S/C21H25N5/c1-25(2)15-14-22-21-23-19(17-10-6-4-7-11-17)16-20(24-21)26(3)18-12-8-5-9-13-18/h4-13,16H,14-15H2,1-3H3,(H,22,23,24). The summed E-state index contributed by atoms with van der Waals surface area (Å²) in [4.78, 5) is 13.6. The van der Waals surface area contributed by atoms with Gasteiger partial charge in [0.25, 0.3) is 0 Å². The van der Waals surface area contributed by atoms with Crippen LogP contribution in [0.1, 0.15) is 0 Å². The molecule has 0 spiro atoms. The molecule has 0 fully saturated rings. The molecule has 0 amide bonds. The minimum Gasteiger partial charge on any atom is -0.353 e. The van der Waals surface area contributed by atoms with Crippen LogP contribution in [-0.2, 0) is 0 Å². The third-order valence-corrected chi connectivity index (χ3v) is 4.11. The van der Waals surface area contributed by atoms with Crippen LogP contribution in [-0.4, -0.2) is 49.1 Å². The van der Waals surface area contributed by atoms with Crippen molar-refractivity contribution in [2.24, 2.45) is 0 Å². The van der Waals surface area contributed by atoms with Crippen LogP contribution >= 0.6 is 0 Å². The van der Waals surface area contributed by atoms with E-state index in [0.29, 0.717) is 5.95 Å². The van der Waals surface area contributed by atoms with Crippen molar-refractivity contribution in [2.75, 3.05) is 44.4 Å². The lowest BCUT2D eigenvalue weighted by atomic mass is 10.1. The van der Waals surface area contributed by atoms with Gasteiger partial charge in [-0.05, 0) is 26.2 Å². The monoisotopic (exact) mass is 347 g/mol. The van der Waals surface area contributed by atoms with E-state index in [1.54, 1.807) is 0 Å². The topological polar surface area (TPSA) is 44.3 Å². The largest absolute Gasteiger partial charge is 0.353 e. The molecule has 1 heterocycles. The molecule has 0 aliphatic carbocycles. The highest BCUT2D eigenvalue weighted by atomic mass is 15.2. The number of benzene rings is 2. The van der Waals surface area contributed by atoms with E-state index in [2.05, 4.69) is 53.5 Å². The van der Waals surface area contributed by atoms with Gasteiger partial charge in [-0.1, -0.05) is 48.5 Å². The summed E-state index contributed by atoms with van der Waals surface area (Å²) in [7, 11) is 6.13. The zero-order valence-corrected chi connectivity index (χ0v) is 15.6. The van der Waals surface area contributed by atoms with Crippen LogP contribution in [0.15, 0.2) is 66.7 Å². The van der Waals surface area contributed by atoms with Crippen LogP contribution in [0.5, 0.6) is 0 Å². The zero-order valence-electron chi connectivity index (χ0n) is 15.6. The zero-order chi connectivity index (χ0) is 18.4. The quantitative estimate of drug-likeness (QED) is 0.702. The van der Waals surface area contributed by atoms with Crippen LogP contribution in [0.3, 0.4) is 0 Å². The van der Waals surface area contributed by atoms with Gasteiger partial charge in [-0.3, -0.25) is 0 Å². The van der Waals surface area contributed by atoms with Crippen molar-refractivity contribution < 1.29 is 0 Å². The molecular weight excluding hydrogens is 322 g/mol. The highest BCUT2D eigenvalue weighted by Crippen LogP contribution is 2.27. The normalized spacial score (nSPS) is 10.8. The minimum absolute atomic E-state index is 0.644. The molecule has 0 bridgehead atoms. The average Bonchev–Trinajstić information content (AvgIpc) is 2.68. The molecule has 3 rings (SSSR count). The maximum atomic E-state index is 4.72. The summed E-state index contributed by atoms with van der Waals surface area (Å²) < 4.78 is 0. The summed E-state index contributed by atoms with van der Waals surface area (Å²) >= 11 is 0. The van der Waals surface area contributed by atoms with Crippen molar-refractivity contribution in [1.82, 2.24) is 14.9 Å². The first-order chi connectivity index (χ1) is 12.6. The first kappa shape index (κ1) is 17.9. The molecule has 2 aromatic carbocycles. The Labute approximate surface area is 155 Å². The fraction of sp³-hybridized carbons (Fsp3) is 0.238. The predicted molar refractivity (Wildman–Crippen MR) is 109 cm³/mol. The first-order valence-corrected chi connectivity index (χ1v) is 8.75. The molecule has 0 aliphatic heterocycles. The molecule has 5 heteroatoms. The highest BCUT2D eigenvalue weighted by molar-refractivity contribution is 5.68. The SMILES string of the molecule is CN(C)CCNc1nc(-c2ccccc2)cc(N(C)c2ccccc2)n1. The van der Waals surface area contributed by atoms with Crippen molar-refractivity contribution in [1.29, 1.82) is 0 Å². The van der Waals surface area contributed by atoms with Gasteiger partial charge in [-0.15, -0.1) is 0 Å². The molecule has 5 nitrogen and oxygen atoms in total. The maximum absolute atomic E-state index is 4.72. The third kappa shape index (κ3) is 4.58. The van der Waals surface area contributed by atoms with Crippen LogP contribution in [0.2, 0.25) is 0 Å². The van der Waals surface area contributed by atoms with E-state index in [4.69, 9.17) is 9.97 Å². The Morgan fingerprint density at radius 3 is 2.15 bits per heavy atom. The van der Waals surface area contributed by atoms with Crippen molar-refractivity contribution >= 4 is 17.5 Å². The van der Waals surface area contributed by atoms with Crippen molar-refractivity contribution in [3.8, 4) is 11.3 Å². The van der Waals surface area contributed by atoms with Gasteiger partial charge in [0, 0.05) is 37.5 Å². The number of hydrogen-bond donors (Lipinski definition) is 1. The summed E-state index contributed by atoms with van der Waals surface area (Å²) in [5.41, 5.74) is 3.07. The predicted octanol–water partition coefficient (Wildman–Crippen LogP) is 3.89. The second-order valence-electron chi connectivity index (χ2n) is 6.43. The van der Waals surface area contributed by atoms with Crippen molar-refractivity contribution in [3.63, 3.8) is 0 Å². The summed E-state index contributed by atoms with van der Waals surface area (Å²) in [6, 6.07) is 22.4. The van der Waals surface area contributed by atoms with Gasteiger partial charge in [-0.25, -0.2) is 4.98 Å². The lowest BCUT2D eigenvalue weighted by Gasteiger charge is -2.20. The van der Waals surface area contributed by atoms with Crippen LogP contribution in [0.4, 0.5) is 17.5 Å². The summed E-state index contributed by atoms with van der Waals surface area (Å²) in [6.45, 7) is 1.71. The second-order valence-corrected chi connectivity index (χ2v) is 6.43. The number of aromatic nitrogens is 2. The first-order valence-electron chi connectivity index (χ1n) is 8.75. The molecule has 26 heavy (non-hydrogen) atoms. The number of likely N-dealkylation sites (N-methyl/N-ethyl adjacent to an activating group) is 1. The molecule has 1 aromatic heterocycles. The number of anilines is 3. The number of para-hydroxylation sites is 1. The number of nitrogens with one attached hydrogen (secondary N) is 1. The highest BCUT2D eigenvalue weighted by Gasteiger charge is 2.11. The fourth-order valence-corrected chi connectivity index (χ4v) is 2.62. The van der Waals surface area contributed by atoms with Crippen LogP contribution in [0.25, 0.3) is 11.3 Å². The lowest BCUT2D eigenvalue weighted by molar-refractivity contribution is 0.425. The Bertz CT molecular complexity index is 818. The molecule has 134 valence electrons. The molecule has 0 radical (unpaired) electrons. The van der Waals surface area contributed by atoms with Gasteiger partial charge < -0.3 is 15.1 Å². The van der Waals surface area contributed by atoms with Gasteiger partial charge >= 0.3 is 0 Å². The fourth-order valence-electron chi connectivity index (χ4n) is 2.62. The Kier molecular flexibility index (Phi) is 5.81. The third-order valence-electron chi connectivity index (χ3n) is 4.11. The van der Waals surface area contributed by atoms with Crippen molar-refractivity contribution in [3.05, 3.63) is 66.7 Å². The van der Waals surface area contributed by atoms with E-state index in [1.165, 1.54) is 0 Å². The summed E-state index contributed by atoms with van der Waals surface area (Å²) in [5.74, 6) is 1.50. The molecular formula is C21H25N5. The van der Waals surface area contributed by atoms with Gasteiger partial charge in [0.05, 0.1) is 5.69 Å². The Hall–Kier alpha value is -2.92. The van der Waals surface area contributed by atoms with E-state index in [1.807, 2.05) is 49.5 Å². The van der Waals surface area contributed by atoms with E-state index in [9.17, 15) is 0 Å². The molecule has 0 unspecified atom stereocenters. The minimum atomic E-state index is 0.644. The van der Waals surface area contributed by atoms with Gasteiger partial charge in [-0.2, -0.15) is 4.98 Å². The van der Waals surface area contributed by atoms with E-state index < -0.39 is 0 Å². The van der Waals surface area contributed by atoms with Gasteiger partial charge in [0.1, 0.15) is 5.82 Å². The molecule has 0 atom stereocenters. The number of rotatable bonds is 7. The average molecular weight is 347 g/mol. The number of hydrogen-bond acceptors (Lipinski definition) is 5. The van der Waals surface area contributed by atoms with Gasteiger partial charge in [0.2, 0.25) is 5.95 Å². The second kappa shape index (κ2) is 8.45. The lowest BCUT2D eigenvalue weighted by Crippen LogP contribution is -2.22. The molecule has 0 aliphatic rings.